The van der Waals surface area contributed by atoms with Crippen molar-refractivity contribution in [2.24, 2.45) is 0 Å². The molecule has 5 heteroatoms. The lowest BCUT2D eigenvalue weighted by atomic mass is 10.0. The number of benzene rings is 2. The Morgan fingerprint density at radius 3 is 2.59 bits per heavy atom. The van der Waals surface area contributed by atoms with Gasteiger partial charge in [-0.05, 0) is 25.1 Å². The fourth-order valence-electron chi connectivity index (χ4n) is 3.07. The van der Waals surface area contributed by atoms with E-state index >= 15 is 0 Å². The molecule has 1 fully saturated rings. The molecule has 2 heterocycles. The van der Waals surface area contributed by atoms with Gasteiger partial charge in [0.1, 0.15) is 0 Å². The van der Waals surface area contributed by atoms with E-state index in [1.165, 1.54) is 11.8 Å². The minimum atomic E-state index is -0.983. The van der Waals surface area contributed by atoms with Crippen LogP contribution in [0.3, 0.4) is 0 Å². The number of carbonyl (C=O) groups excluding carboxylic acids is 2. The highest BCUT2D eigenvalue weighted by Gasteiger charge is 2.58. The number of amides is 2. The first-order valence-corrected chi connectivity index (χ1v) is 8.06. The first-order valence-electron chi connectivity index (χ1n) is 7.07. The summed E-state index contributed by atoms with van der Waals surface area (Å²) < 4.78 is 0. The van der Waals surface area contributed by atoms with Gasteiger partial charge < -0.3 is 5.32 Å². The van der Waals surface area contributed by atoms with Crippen molar-refractivity contribution >= 4 is 35.0 Å². The fourth-order valence-corrected chi connectivity index (χ4v) is 4.39. The molecular weight excluding hydrogens is 296 g/mol. The van der Waals surface area contributed by atoms with E-state index in [4.69, 9.17) is 0 Å². The van der Waals surface area contributed by atoms with Crippen molar-refractivity contribution in [2.45, 2.75) is 11.8 Å². The van der Waals surface area contributed by atoms with Crippen LogP contribution in [-0.2, 0) is 14.5 Å². The smallest absolute Gasteiger partial charge is 0.266 e. The Morgan fingerprint density at radius 2 is 1.82 bits per heavy atom. The summed E-state index contributed by atoms with van der Waals surface area (Å²) in [4.78, 5) is 25.9. The molecule has 4 nitrogen and oxygen atoms in total. The van der Waals surface area contributed by atoms with Crippen molar-refractivity contribution in [3.63, 3.8) is 0 Å². The minimum absolute atomic E-state index is 0.0410. The largest absolute Gasteiger partial charge is 0.323 e. The summed E-state index contributed by atoms with van der Waals surface area (Å²) in [7, 11) is 0. The van der Waals surface area contributed by atoms with E-state index in [2.05, 4.69) is 5.32 Å². The van der Waals surface area contributed by atoms with Crippen LogP contribution in [0.25, 0.3) is 0 Å². The number of anilines is 2. The van der Waals surface area contributed by atoms with E-state index in [-0.39, 0.29) is 11.8 Å². The van der Waals surface area contributed by atoms with Gasteiger partial charge in [-0.2, -0.15) is 0 Å². The van der Waals surface area contributed by atoms with Crippen LogP contribution in [0.15, 0.2) is 48.5 Å². The molecule has 2 aromatic carbocycles. The Labute approximate surface area is 132 Å². The summed E-state index contributed by atoms with van der Waals surface area (Å²) in [6, 6.07) is 15.3. The number of para-hydroxylation sites is 1. The monoisotopic (exact) mass is 310 g/mol. The number of hydrogen-bond donors (Lipinski definition) is 1. The first kappa shape index (κ1) is 13.4. The van der Waals surface area contributed by atoms with Crippen molar-refractivity contribution in [3.05, 3.63) is 59.7 Å². The van der Waals surface area contributed by atoms with Crippen molar-refractivity contribution in [2.75, 3.05) is 16.0 Å². The molecule has 0 bridgehead atoms. The number of rotatable bonds is 1. The molecule has 110 valence electrons. The SMILES string of the molecule is Cc1ccc(N2C(=O)CS[C@@]23C(=O)Nc2ccccc23)cc1. The van der Waals surface area contributed by atoms with Gasteiger partial charge in [-0.15, -0.1) is 11.8 Å². The summed E-state index contributed by atoms with van der Waals surface area (Å²) in [5.74, 6) is 0.112. The standard InChI is InChI=1S/C17H14N2O2S/c1-11-6-8-12(9-7-11)19-15(20)10-22-17(19)13-4-2-3-5-14(13)18-16(17)21/h2-9H,10H2,1H3,(H,18,21)/t17-/m0/s1. The van der Waals surface area contributed by atoms with Gasteiger partial charge in [-0.3, -0.25) is 14.5 Å². The maximum absolute atomic E-state index is 12.7. The van der Waals surface area contributed by atoms with Crippen LogP contribution in [0, 0.1) is 6.92 Å². The molecular formula is C17H14N2O2S. The van der Waals surface area contributed by atoms with Crippen LogP contribution in [0.1, 0.15) is 11.1 Å². The van der Waals surface area contributed by atoms with E-state index in [1.54, 1.807) is 4.90 Å². The Morgan fingerprint density at radius 1 is 1.09 bits per heavy atom. The lowest BCUT2D eigenvalue weighted by molar-refractivity contribution is -0.122. The topological polar surface area (TPSA) is 49.4 Å². The number of thioether (sulfide) groups is 1. The van der Waals surface area contributed by atoms with E-state index in [1.807, 2.05) is 55.5 Å². The van der Waals surface area contributed by atoms with Gasteiger partial charge in [-0.1, -0.05) is 35.9 Å². The number of fused-ring (bicyclic) bond motifs is 2. The predicted octanol–water partition coefficient (Wildman–Crippen LogP) is 2.88. The number of aryl methyl sites for hydroxylation is 1. The average molecular weight is 310 g/mol. The molecule has 1 saturated heterocycles. The zero-order valence-corrected chi connectivity index (χ0v) is 12.8. The molecule has 1 spiro atoms. The van der Waals surface area contributed by atoms with Gasteiger partial charge in [0.15, 0.2) is 0 Å². The van der Waals surface area contributed by atoms with Gasteiger partial charge in [0.25, 0.3) is 5.91 Å². The van der Waals surface area contributed by atoms with Gasteiger partial charge >= 0.3 is 0 Å². The molecule has 4 rings (SSSR count). The summed E-state index contributed by atoms with van der Waals surface area (Å²) in [6.07, 6.45) is 0. The van der Waals surface area contributed by atoms with Gasteiger partial charge in [0.05, 0.1) is 5.75 Å². The van der Waals surface area contributed by atoms with Gasteiger partial charge in [0, 0.05) is 16.9 Å². The molecule has 2 aliphatic rings. The second-order valence-electron chi connectivity index (χ2n) is 5.50. The summed E-state index contributed by atoms with van der Waals surface area (Å²) in [5, 5.41) is 2.91. The molecule has 2 amide bonds. The van der Waals surface area contributed by atoms with E-state index in [0.29, 0.717) is 5.75 Å². The highest BCUT2D eigenvalue weighted by molar-refractivity contribution is 8.02. The van der Waals surface area contributed by atoms with Crippen molar-refractivity contribution in [1.82, 2.24) is 0 Å². The third-order valence-corrected chi connectivity index (χ3v) is 5.51. The lowest BCUT2D eigenvalue weighted by Crippen LogP contribution is -2.47. The fraction of sp³-hybridized carbons (Fsp3) is 0.176. The van der Waals surface area contributed by atoms with Gasteiger partial charge in [0.2, 0.25) is 10.8 Å². The maximum atomic E-state index is 12.7. The molecule has 0 unspecified atom stereocenters. The van der Waals surface area contributed by atoms with E-state index in [0.717, 1.165) is 22.5 Å². The van der Waals surface area contributed by atoms with Crippen LogP contribution in [-0.4, -0.2) is 17.6 Å². The molecule has 1 N–H and O–H groups in total. The number of nitrogens with zero attached hydrogens (tertiary/aromatic N) is 1. The molecule has 0 saturated carbocycles. The highest BCUT2D eigenvalue weighted by atomic mass is 32.2. The van der Waals surface area contributed by atoms with E-state index < -0.39 is 4.87 Å². The summed E-state index contributed by atoms with van der Waals surface area (Å²) in [6.45, 7) is 2.00. The maximum Gasteiger partial charge on any atom is 0.266 e. The van der Waals surface area contributed by atoms with Crippen LogP contribution >= 0.6 is 11.8 Å². The Balaban J connectivity index is 1.92. The Kier molecular flexibility index (Phi) is 2.81. The molecule has 2 aliphatic heterocycles. The van der Waals surface area contributed by atoms with Crippen molar-refractivity contribution < 1.29 is 9.59 Å². The van der Waals surface area contributed by atoms with Crippen molar-refractivity contribution in [1.29, 1.82) is 0 Å². The second kappa shape index (κ2) is 4.61. The number of nitrogens with one attached hydrogen (secondary N) is 1. The Bertz CT molecular complexity index is 788. The first-order chi connectivity index (χ1) is 10.6. The van der Waals surface area contributed by atoms with E-state index in [9.17, 15) is 9.59 Å². The number of hydrogen-bond acceptors (Lipinski definition) is 3. The number of carbonyl (C=O) groups is 2. The molecule has 1 atom stereocenters. The quantitative estimate of drug-likeness (QED) is 0.881. The van der Waals surface area contributed by atoms with Crippen LogP contribution in [0.5, 0.6) is 0 Å². The summed E-state index contributed by atoms with van der Waals surface area (Å²) >= 11 is 1.38. The Hall–Kier alpha value is -2.27. The van der Waals surface area contributed by atoms with Crippen molar-refractivity contribution in [3.8, 4) is 0 Å². The molecule has 0 aliphatic carbocycles. The molecule has 0 aromatic heterocycles. The van der Waals surface area contributed by atoms with Crippen LogP contribution in [0.4, 0.5) is 11.4 Å². The molecule has 22 heavy (non-hydrogen) atoms. The van der Waals surface area contributed by atoms with Crippen LogP contribution in [0.2, 0.25) is 0 Å². The lowest BCUT2D eigenvalue weighted by Gasteiger charge is -2.32. The third-order valence-electron chi connectivity index (χ3n) is 4.11. The predicted molar refractivity (Wildman–Crippen MR) is 87.9 cm³/mol. The summed E-state index contributed by atoms with van der Waals surface area (Å²) in [5.41, 5.74) is 3.52. The van der Waals surface area contributed by atoms with Crippen LogP contribution < -0.4 is 10.2 Å². The highest BCUT2D eigenvalue weighted by Crippen LogP contribution is 2.53. The zero-order valence-electron chi connectivity index (χ0n) is 12.0. The molecule has 0 radical (unpaired) electrons. The second-order valence-corrected chi connectivity index (χ2v) is 6.67. The average Bonchev–Trinajstić information content (AvgIpc) is 3.00. The normalized spacial score (nSPS) is 23.0. The van der Waals surface area contributed by atoms with Gasteiger partial charge in [-0.25, -0.2) is 0 Å². The molecule has 2 aromatic rings. The third kappa shape index (κ3) is 1.66. The minimum Gasteiger partial charge on any atom is -0.323 e. The zero-order chi connectivity index (χ0) is 15.3.